The van der Waals surface area contributed by atoms with Crippen molar-refractivity contribution < 1.29 is 4.74 Å². The maximum absolute atomic E-state index is 5.58. The van der Waals surface area contributed by atoms with Crippen LogP contribution in [0, 0.1) is 0 Å². The van der Waals surface area contributed by atoms with Crippen molar-refractivity contribution in [2.45, 2.75) is 58.2 Å². The fourth-order valence-corrected chi connectivity index (χ4v) is 12.9. The average molecular weight is 486 g/mol. The van der Waals surface area contributed by atoms with E-state index in [1.165, 1.54) is 22.4 Å². The zero-order chi connectivity index (χ0) is 22.1. The van der Waals surface area contributed by atoms with E-state index in [1.807, 2.05) is 18.5 Å². The van der Waals surface area contributed by atoms with Crippen molar-refractivity contribution in [2.75, 3.05) is 7.11 Å². The minimum absolute atomic E-state index is 0.589. The summed E-state index contributed by atoms with van der Waals surface area (Å²) in [5, 5.41) is 0. The van der Waals surface area contributed by atoms with Gasteiger partial charge in [0.2, 0.25) is 0 Å². The molecule has 2 aromatic heterocycles. The molecule has 0 fully saturated rings. The second-order valence-electron chi connectivity index (χ2n) is 8.89. The van der Waals surface area contributed by atoms with Crippen LogP contribution in [0.3, 0.4) is 0 Å². The lowest BCUT2D eigenvalue weighted by Crippen LogP contribution is -2.52. The van der Waals surface area contributed by atoms with Gasteiger partial charge in [0.05, 0.1) is 7.11 Å². The van der Waals surface area contributed by atoms with Crippen molar-refractivity contribution in [1.29, 1.82) is 0 Å². The molecule has 160 valence electrons. The van der Waals surface area contributed by atoms with Gasteiger partial charge in [0.15, 0.2) is 8.24 Å². The van der Waals surface area contributed by atoms with E-state index < -0.39 is 8.24 Å². The van der Waals surface area contributed by atoms with E-state index in [-0.39, 0.29) is 0 Å². The summed E-state index contributed by atoms with van der Waals surface area (Å²) in [6.45, 7) is 14.4. The first-order chi connectivity index (χ1) is 14.2. The summed E-state index contributed by atoms with van der Waals surface area (Å²) in [5.74, 6) is 0.878. The van der Waals surface area contributed by atoms with Crippen LogP contribution >= 0.6 is 15.9 Å². The topological polar surface area (TPSA) is 27.1 Å². The van der Waals surface area contributed by atoms with E-state index in [0.29, 0.717) is 16.6 Å². The molecule has 0 aliphatic rings. The van der Waals surface area contributed by atoms with Crippen LogP contribution in [0.2, 0.25) is 16.6 Å². The van der Waals surface area contributed by atoms with E-state index in [0.717, 1.165) is 10.2 Å². The third-order valence-corrected chi connectivity index (χ3v) is 13.8. The second kappa shape index (κ2) is 9.11. The number of benzene rings is 1. The summed E-state index contributed by atoms with van der Waals surface area (Å²) >= 11 is 3.93. The highest BCUT2D eigenvalue weighted by Crippen LogP contribution is 2.49. The molecular weight excluding hydrogens is 452 g/mol. The average Bonchev–Trinajstić information content (AvgIpc) is 3.05. The largest absolute Gasteiger partial charge is 0.497 e. The Morgan fingerprint density at radius 2 is 1.50 bits per heavy atom. The Hall–Kier alpha value is -1.85. The van der Waals surface area contributed by atoms with Gasteiger partial charge in [-0.15, -0.1) is 0 Å². The molecule has 3 rings (SSSR count). The highest BCUT2D eigenvalue weighted by atomic mass is 79.9. The van der Waals surface area contributed by atoms with Crippen LogP contribution in [0.5, 0.6) is 5.75 Å². The Labute approximate surface area is 190 Å². The van der Waals surface area contributed by atoms with Crippen molar-refractivity contribution in [2.24, 2.45) is 0 Å². The molecule has 3 aromatic rings. The van der Waals surface area contributed by atoms with Gasteiger partial charge in [-0.2, -0.15) is 0 Å². The van der Waals surface area contributed by atoms with Crippen LogP contribution in [0.4, 0.5) is 0 Å². The van der Waals surface area contributed by atoms with Gasteiger partial charge in [-0.25, -0.2) is 0 Å². The standard InChI is InChI=1S/C25H33BrN2OSi/c1-17(2)30(18(3)4,19(5)6)28-16-23(26)24(20-11-13-27-14-12-20)25(28)21-9-8-10-22(15-21)29-7/h8-19H,1-7H3. The number of methoxy groups -OCH3 is 1. The maximum Gasteiger partial charge on any atom is 0.169 e. The smallest absolute Gasteiger partial charge is 0.169 e. The molecular formula is C25H33BrN2OSi. The van der Waals surface area contributed by atoms with Crippen molar-refractivity contribution in [3.8, 4) is 28.1 Å². The molecule has 0 saturated heterocycles. The van der Waals surface area contributed by atoms with E-state index in [4.69, 9.17) is 4.74 Å². The number of aromatic nitrogens is 2. The predicted molar refractivity (Wildman–Crippen MR) is 134 cm³/mol. The Bertz CT molecular complexity index is 974. The lowest BCUT2D eigenvalue weighted by Gasteiger charge is -2.45. The van der Waals surface area contributed by atoms with Crippen LogP contribution in [-0.2, 0) is 0 Å². The zero-order valence-corrected chi connectivity index (χ0v) is 21.7. The molecule has 0 aliphatic heterocycles. The van der Waals surface area contributed by atoms with Gasteiger partial charge in [-0.05, 0) is 62.4 Å². The normalized spacial score (nSPS) is 12.2. The predicted octanol–water partition coefficient (Wildman–Crippen LogP) is 8.01. The molecule has 0 spiro atoms. The SMILES string of the molecule is COc1cccc(-c2c(-c3ccncc3)c(Br)cn2[Si](C(C)C)(C(C)C)C(C)C)c1. The van der Waals surface area contributed by atoms with Crippen molar-refractivity contribution in [1.82, 2.24) is 9.22 Å². The minimum Gasteiger partial charge on any atom is -0.497 e. The summed E-state index contributed by atoms with van der Waals surface area (Å²) in [7, 11) is -0.242. The number of hydrogen-bond acceptors (Lipinski definition) is 2. The van der Waals surface area contributed by atoms with Crippen LogP contribution in [0.25, 0.3) is 22.4 Å². The maximum atomic E-state index is 5.58. The Morgan fingerprint density at radius 3 is 2.03 bits per heavy atom. The fraction of sp³-hybridized carbons (Fsp3) is 0.400. The van der Waals surface area contributed by atoms with E-state index in [1.54, 1.807) is 7.11 Å². The first-order valence-electron chi connectivity index (χ1n) is 10.7. The van der Waals surface area contributed by atoms with Gasteiger partial charge < -0.3 is 8.97 Å². The van der Waals surface area contributed by atoms with Gasteiger partial charge in [-0.1, -0.05) is 53.7 Å². The monoisotopic (exact) mass is 484 g/mol. The number of hydrogen-bond donors (Lipinski definition) is 0. The second-order valence-corrected chi connectivity index (χ2v) is 15.5. The number of halogens is 1. The molecule has 0 atom stereocenters. The third-order valence-electron chi connectivity index (χ3n) is 6.46. The molecule has 0 amide bonds. The van der Waals surface area contributed by atoms with E-state index in [9.17, 15) is 0 Å². The highest BCUT2D eigenvalue weighted by molar-refractivity contribution is 9.10. The highest BCUT2D eigenvalue weighted by Gasteiger charge is 2.47. The summed E-state index contributed by atoms with van der Waals surface area (Å²) in [5.41, 5.74) is 6.63. The Kier molecular flexibility index (Phi) is 6.93. The van der Waals surface area contributed by atoms with Crippen molar-refractivity contribution in [3.05, 3.63) is 59.5 Å². The van der Waals surface area contributed by atoms with Crippen LogP contribution in [0.1, 0.15) is 41.5 Å². The number of pyridine rings is 1. The Morgan fingerprint density at radius 1 is 0.900 bits per heavy atom. The number of rotatable bonds is 7. The lowest BCUT2D eigenvalue weighted by molar-refractivity contribution is 0.415. The molecule has 0 radical (unpaired) electrons. The molecule has 0 unspecified atom stereocenters. The van der Waals surface area contributed by atoms with Gasteiger partial charge in [0.1, 0.15) is 5.75 Å². The van der Waals surface area contributed by atoms with Crippen molar-refractivity contribution >= 4 is 24.2 Å². The first-order valence-corrected chi connectivity index (χ1v) is 13.7. The summed E-state index contributed by atoms with van der Waals surface area (Å²) < 4.78 is 9.38. The first kappa shape index (κ1) is 22.8. The van der Waals surface area contributed by atoms with Crippen LogP contribution in [-0.4, -0.2) is 24.6 Å². The summed E-state index contributed by atoms with van der Waals surface area (Å²) in [4.78, 5) is 4.24. The van der Waals surface area contributed by atoms with Gasteiger partial charge in [-0.3, -0.25) is 4.98 Å². The van der Waals surface area contributed by atoms with Gasteiger partial charge in [0, 0.05) is 39.9 Å². The summed E-state index contributed by atoms with van der Waals surface area (Å²) in [6.07, 6.45) is 6.08. The van der Waals surface area contributed by atoms with E-state index >= 15 is 0 Å². The molecule has 0 bridgehead atoms. The van der Waals surface area contributed by atoms with Gasteiger partial charge in [0.25, 0.3) is 0 Å². The molecule has 0 N–H and O–H groups in total. The molecule has 2 heterocycles. The molecule has 5 heteroatoms. The Balaban J connectivity index is 2.45. The molecule has 30 heavy (non-hydrogen) atoms. The molecule has 0 aliphatic carbocycles. The number of nitrogens with zero attached hydrogens (tertiary/aromatic N) is 2. The summed E-state index contributed by atoms with van der Waals surface area (Å²) in [6, 6.07) is 12.6. The number of ether oxygens (including phenoxy) is 1. The minimum atomic E-state index is -1.97. The molecule has 1 aromatic carbocycles. The molecule has 3 nitrogen and oxygen atoms in total. The molecule has 0 saturated carbocycles. The van der Waals surface area contributed by atoms with Crippen molar-refractivity contribution in [3.63, 3.8) is 0 Å². The van der Waals surface area contributed by atoms with Gasteiger partial charge >= 0.3 is 0 Å². The fourth-order valence-electron chi connectivity index (χ4n) is 5.46. The van der Waals surface area contributed by atoms with E-state index in [2.05, 4.69) is 103 Å². The quantitative estimate of drug-likeness (QED) is 0.317. The van der Waals surface area contributed by atoms with Crippen LogP contribution < -0.4 is 4.74 Å². The third kappa shape index (κ3) is 3.78. The lowest BCUT2D eigenvalue weighted by atomic mass is 10.0. The van der Waals surface area contributed by atoms with Crippen LogP contribution in [0.15, 0.2) is 59.5 Å². The zero-order valence-electron chi connectivity index (χ0n) is 19.1.